The van der Waals surface area contributed by atoms with E-state index in [-0.39, 0.29) is 21.4 Å². The summed E-state index contributed by atoms with van der Waals surface area (Å²) in [7, 11) is -2.37. The molecule has 0 fully saturated rings. The van der Waals surface area contributed by atoms with Gasteiger partial charge in [0.15, 0.2) is 5.78 Å². The van der Waals surface area contributed by atoms with Gasteiger partial charge in [-0.25, -0.2) is 0 Å². The molecule has 0 bridgehead atoms. The third kappa shape index (κ3) is 3.15. The van der Waals surface area contributed by atoms with Crippen molar-refractivity contribution in [3.8, 4) is 5.75 Å². The van der Waals surface area contributed by atoms with Crippen LogP contribution < -0.4 is 4.74 Å². The van der Waals surface area contributed by atoms with E-state index in [9.17, 15) is 13.2 Å². The topological polar surface area (TPSA) is 72.8 Å². The van der Waals surface area contributed by atoms with Crippen LogP contribution in [0.4, 0.5) is 0 Å². The number of carbonyl (C=O) groups excluding carboxylic acids is 1. The van der Waals surface area contributed by atoms with Crippen LogP contribution >= 0.6 is 11.6 Å². The lowest BCUT2D eigenvalue weighted by atomic mass is 10.2. The molecule has 20 heavy (non-hydrogen) atoms. The molecule has 5 nitrogen and oxygen atoms in total. The maximum atomic E-state index is 12.1. The quantitative estimate of drug-likeness (QED) is 0.801. The van der Waals surface area contributed by atoms with Crippen molar-refractivity contribution in [2.24, 2.45) is 4.40 Å². The highest BCUT2D eigenvalue weighted by Gasteiger charge is 2.16. The van der Waals surface area contributed by atoms with Gasteiger partial charge >= 0.3 is 0 Å². The fourth-order valence-electron chi connectivity index (χ4n) is 1.49. The molecule has 0 amide bonds. The van der Waals surface area contributed by atoms with Crippen LogP contribution in [0, 0.1) is 0 Å². The molecule has 7 heteroatoms. The van der Waals surface area contributed by atoms with Crippen molar-refractivity contribution in [1.82, 2.24) is 0 Å². The van der Waals surface area contributed by atoms with Crippen LogP contribution in [0.1, 0.15) is 0 Å². The van der Waals surface area contributed by atoms with Crippen molar-refractivity contribution in [1.29, 1.82) is 0 Å². The third-order valence-electron chi connectivity index (χ3n) is 2.50. The maximum Gasteiger partial charge on any atom is 0.282 e. The van der Waals surface area contributed by atoms with E-state index in [1.54, 1.807) is 0 Å². The average molecular weight is 312 g/mol. The largest absolute Gasteiger partial charge is 0.497 e. The molecule has 0 unspecified atom stereocenters. The van der Waals surface area contributed by atoms with Gasteiger partial charge in [0.2, 0.25) is 0 Å². The first-order valence-electron chi connectivity index (χ1n) is 5.51. The molecular formula is C13H10ClNO4S. The fourth-order valence-corrected chi connectivity index (χ4v) is 2.64. The summed E-state index contributed by atoms with van der Waals surface area (Å²) < 4.78 is 32.7. The second-order valence-electron chi connectivity index (χ2n) is 3.86. The number of allylic oxidation sites excluding steroid dienone is 4. The van der Waals surface area contributed by atoms with Crippen molar-refractivity contribution in [2.75, 3.05) is 7.11 Å². The number of methoxy groups -OCH3 is 1. The number of carbonyl (C=O) groups is 1. The zero-order valence-electron chi connectivity index (χ0n) is 10.4. The highest BCUT2D eigenvalue weighted by molar-refractivity contribution is 7.90. The molecule has 0 N–H and O–H groups in total. The molecule has 0 radical (unpaired) electrons. The molecule has 1 aromatic carbocycles. The van der Waals surface area contributed by atoms with E-state index in [4.69, 9.17) is 16.3 Å². The summed E-state index contributed by atoms with van der Waals surface area (Å²) in [6.07, 6.45) is 3.69. The molecule has 0 spiro atoms. The normalized spacial score (nSPS) is 17.2. The van der Waals surface area contributed by atoms with Gasteiger partial charge in [-0.1, -0.05) is 11.6 Å². The Hall–Kier alpha value is -1.92. The Balaban J connectivity index is 2.36. The number of ketones is 1. The summed E-state index contributed by atoms with van der Waals surface area (Å²) in [5.74, 6) is 0.162. The van der Waals surface area contributed by atoms with Crippen molar-refractivity contribution in [3.05, 3.63) is 47.5 Å². The lowest BCUT2D eigenvalue weighted by Crippen LogP contribution is -2.07. The maximum absolute atomic E-state index is 12.1. The Morgan fingerprint density at radius 2 is 1.80 bits per heavy atom. The summed E-state index contributed by atoms with van der Waals surface area (Å²) in [4.78, 5) is 11.2. The first-order chi connectivity index (χ1) is 9.42. The second-order valence-corrected chi connectivity index (χ2v) is 5.87. The summed E-state index contributed by atoms with van der Waals surface area (Å²) in [6, 6.07) is 5.83. The summed E-state index contributed by atoms with van der Waals surface area (Å²) in [5.41, 5.74) is 0.102. The Labute approximate surface area is 121 Å². The Morgan fingerprint density at radius 1 is 1.15 bits per heavy atom. The Morgan fingerprint density at radius 3 is 2.35 bits per heavy atom. The molecule has 0 aliphatic heterocycles. The van der Waals surface area contributed by atoms with Gasteiger partial charge in [-0.2, -0.15) is 12.8 Å². The van der Waals surface area contributed by atoms with Gasteiger partial charge < -0.3 is 4.74 Å². The standard InChI is InChI=1S/C13H10ClNO4S/c1-19-10-3-5-11(6-4-10)20(17,18)15-9-2-7-13(16)12(14)8-9/h2-8H,1H3. The molecule has 0 aromatic heterocycles. The minimum atomic E-state index is -3.86. The average Bonchev–Trinajstić information content (AvgIpc) is 2.43. The van der Waals surface area contributed by atoms with Gasteiger partial charge in [0.25, 0.3) is 10.0 Å². The SMILES string of the molecule is COc1ccc(S(=O)(=O)N=C2C=CC(=O)C(Cl)=C2)cc1. The monoisotopic (exact) mass is 311 g/mol. The molecule has 0 saturated carbocycles. The van der Waals surface area contributed by atoms with Crippen molar-refractivity contribution in [2.45, 2.75) is 4.90 Å². The fraction of sp³-hybridized carbons (Fsp3) is 0.0769. The minimum absolute atomic E-state index is 0.0284. The van der Waals surface area contributed by atoms with Crippen LogP contribution in [0.2, 0.25) is 0 Å². The smallest absolute Gasteiger partial charge is 0.282 e. The van der Waals surface area contributed by atoms with Crippen LogP contribution in [0.15, 0.2) is 56.8 Å². The minimum Gasteiger partial charge on any atom is -0.497 e. The lowest BCUT2D eigenvalue weighted by molar-refractivity contribution is -0.110. The van der Waals surface area contributed by atoms with Crippen molar-refractivity contribution >= 4 is 33.1 Å². The van der Waals surface area contributed by atoms with Crippen molar-refractivity contribution < 1.29 is 17.9 Å². The van der Waals surface area contributed by atoms with Crippen LogP contribution in [-0.4, -0.2) is 27.0 Å². The number of halogens is 1. The van der Waals surface area contributed by atoms with E-state index in [0.29, 0.717) is 5.75 Å². The zero-order chi connectivity index (χ0) is 14.8. The van der Waals surface area contributed by atoms with Crippen molar-refractivity contribution in [3.63, 3.8) is 0 Å². The van der Waals surface area contributed by atoms with Gasteiger partial charge in [-0.05, 0) is 42.5 Å². The van der Waals surface area contributed by atoms with Gasteiger partial charge in [-0.15, -0.1) is 0 Å². The molecule has 0 saturated heterocycles. The van der Waals surface area contributed by atoms with E-state index in [1.807, 2.05) is 0 Å². The van der Waals surface area contributed by atoms with Gasteiger partial charge in [0, 0.05) is 0 Å². The van der Waals surface area contributed by atoms with Crippen LogP contribution in [-0.2, 0) is 14.8 Å². The predicted octanol–water partition coefficient (Wildman–Crippen LogP) is 2.09. The molecular weight excluding hydrogens is 302 g/mol. The number of benzene rings is 1. The van der Waals surface area contributed by atoms with Gasteiger partial charge in [-0.3, -0.25) is 4.79 Å². The first-order valence-corrected chi connectivity index (χ1v) is 7.33. The Bertz CT molecular complexity index is 730. The summed E-state index contributed by atoms with van der Waals surface area (Å²) in [6.45, 7) is 0. The van der Waals surface area contributed by atoms with E-state index in [0.717, 1.165) is 0 Å². The lowest BCUT2D eigenvalue weighted by Gasteiger charge is -2.04. The number of hydrogen-bond donors (Lipinski definition) is 0. The molecule has 104 valence electrons. The van der Waals surface area contributed by atoms with E-state index >= 15 is 0 Å². The highest BCUT2D eigenvalue weighted by atomic mass is 35.5. The van der Waals surface area contributed by atoms with Crippen LogP contribution in [0.25, 0.3) is 0 Å². The molecule has 0 atom stereocenters. The molecule has 1 aromatic rings. The number of rotatable bonds is 3. The van der Waals surface area contributed by atoms with Gasteiger partial charge in [0.05, 0.1) is 22.7 Å². The van der Waals surface area contributed by atoms with Crippen LogP contribution in [0.3, 0.4) is 0 Å². The predicted molar refractivity (Wildman–Crippen MR) is 75.7 cm³/mol. The highest BCUT2D eigenvalue weighted by Crippen LogP contribution is 2.19. The van der Waals surface area contributed by atoms with Gasteiger partial charge in [0.1, 0.15) is 5.75 Å². The molecule has 1 aliphatic rings. The van der Waals surface area contributed by atoms with E-state index in [2.05, 4.69) is 4.40 Å². The second kappa shape index (κ2) is 5.60. The third-order valence-corrected chi connectivity index (χ3v) is 4.11. The summed E-state index contributed by atoms with van der Waals surface area (Å²) in [5, 5.41) is -0.0730. The zero-order valence-corrected chi connectivity index (χ0v) is 12.0. The van der Waals surface area contributed by atoms with Crippen LogP contribution in [0.5, 0.6) is 5.75 Å². The molecule has 0 heterocycles. The number of ether oxygens (including phenoxy) is 1. The molecule has 2 rings (SSSR count). The molecule has 1 aliphatic carbocycles. The number of nitrogens with zero attached hydrogens (tertiary/aromatic N) is 1. The van der Waals surface area contributed by atoms with E-state index < -0.39 is 10.0 Å². The number of hydrogen-bond acceptors (Lipinski definition) is 4. The first kappa shape index (κ1) is 14.5. The van der Waals surface area contributed by atoms with E-state index in [1.165, 1.54) is 49.6 Å². The number of sulfonamides is 1. The Kier molecular flexibility index (Phi) is 4.06. The summed E-state index contributed by atoms with van der Waals surface area (Å²) >= 11 is 5.64.